The van der Waals surface area contributed by atoms with Crippen molar-refractivity contribution in [2.45, 2.75) is 28.3 Å². The predicted octanol–water partition coefficient (Wildman–Crippen LogP) is 4.85. The lowest BCUT2D eigenvalue weighted by molar-refractivity contribution is -0.385. The van der Waals surface area contributed by atoms with Gasteiger partial charge in [0.25, 0.3) is 15.7 Å². The highest BCUT2D eigenvalue weighted by molar-refractivity contribution is 7.99. The molecule has 0 amide bonds. The van der Waals surface area contributed by atoms with Gasteiger partial charge in [-0.05, 0) is 38.2 Å². The number of para-hydroxylation sites is 1. The van der Waals surface area contributed by atoms with Crippen LogP contribution in [0.25, 0.3) is 0 Å². The Hall–Kier alpha value is -2.88. The lowest BCUT2D eigenvalue weighted by Gasteiger charge is -2.50. The number of sulfonamides is 1. The Morgan fingerprint density at radius 1 is 1.00 bits per heavy atom. The first-order valence-corrected chi connectivity index (χ1v) is 12.0. The van der Waals surface area contributed by atoms with Gasteiger partial charge in [-0.3, -0.25) is 15.0 Å². The van der Waals surface area contributed by atoms with Crippen LogP contribution in [0.4, 0.5) is 11.4 Å². The molecule has 2 atom stereocenters. The van der Waals surface area contributed by atoms with E-state index in [1.54, 1.807) is 48.2 Å². The SMILES string of the molecule is Cc1ccc(S(=O)(=O)N2c3ccccc3[C@H]3Sc4ccc([N+](=O)[O-])cc4[C@@H]2N3C)cc1. The first kappa shape index (κ1) is 20.0. The van der Waals surface area contributed by atoms with Gasteiger partial charge in [0.05, 0.1) is 20.9 Å². The molecule has 0 fully saturated rings. The van der Waals surface area contributed by atoms with E-state index in [0.717, 1.165) is 16.0 Å². The molecule has 5 rings (SSSR count). The van der Waals surface area contributed by atoms with Crippen LogP contribution in [0.3, 0.4) is 0 Å². The second-order valence-electron chi connectivity index (χ2n) is 7.66. The summed E-state index contributed by atoms with van der Waals surface area (Å²) in [4.78, 5) is 14.0. The average molecular weight is 454 g/mol. The first-order chi connectivity index (χ1) is 14.8. The van der Waals surface area contributed by atoms with E-state index < -0.39 is 21.1 Å². The molecular weight excluding hydrogens is 434 g/mol. The Morgan fingerprint density at radius 3 is 2.42 bits per heavy atom. The molecule has 2 heterocycles. The number of thioether (sulfide) groups is 1. The minimum absolute atomic E-state index is 0.0576. The van der Waals surface area contributed by atoms with Gasteiger partial charge in [0.2, 0.25) is 0 Å². The van der Waals surface area contributed by atoms with Crippen molar-refractivity contribution < 1.29 is 13.3 Å². The van der Waals surface area contributed by atoms with Crippen LogP contribution in [0.5, 0.6) is 0 Å². The summed E-state index contributed by atoms with van der Waals surface area (Å²) in [5, 5.41) is 11.3. The predicted molar refractivity (Wildman–Crippen MR) is 119 cm³/mol. The van der Waals surface area contributed by atoms with Gasteiger partial charge < -0.3 is 0 Å². The van der Waals surface area contributed by atoms with Crippen LogP contribution in [0, 0.1) is 17.0 Å². The molecule has 7 nitrogen and oxygen atoms in total. The van der Waals surface area contributed by atoms with Crippen molar-refractivity contribution in [1.82, 2.24) is 4.90 Å². The zero-order valence-corrected chi connectivity index (χ0v) is 18.4. The van der Waals surface area contributed by atoms with Crippen molar-refractivity contribution in [2.75, 3.05) is 11.4 Å². The third-order valence-corrected chi connectivity index (χ3v) is 8.93. The fourth-order valence-electron chi connectivity index (χ4n) is 4.20. The molecule has 0 unspecified atom stereocenters. The lowest BCUT2D eigenvalue weighted by Crippen LogP contribution is -2.49. The zero-order valence-electron chi connectivity index (χ0n) is 16.8. The summed E-state index contributed by atoms with van der Waals surface area (Å²) in [5.41, 5.74) is 3.01. The van der Waals surface area contributed by atoms with Crippen LogP contribution in [0.1, 0.15) is 28.2 Å². The lowest BCUT2D eigenvalue weighted by atomic mass is 10.0. The number of aryl methyl sites for hydroxylation is 1. The molecule has 0 radical (unpaired) electrons. The fraction of sp³-hybridized carbons (Fsp3) is 0.182. The van der Waals surface area contributed by atoms with Gasteiger partial charge >= 0.3 is 0 Å². The number of hydrogen-bond donors (Lipinski definition) is 0. The summed E-state index contributed by atoms with van der Waals surface area (Å²) >= 11 is 1.58. The van der Waals surface area contributed by atoms with Crippen molar-refractivity contribution in [3.8, 4) is 0 Å². The van der Waals surface area contributed by atoms with Crippen molar-refractivity contribution in [3.05, 3.63) is 93.5 Å². The number of rotatable bonds is 3. The third-order valence-electron chi connectivity index (χ3n) is 5.72. The Morgan fingerprint density at radius 2 is 1.71 bits per heavy atom. The standard InChI is InChI=1S/C22H19N3O4S2/c1-14-7-10-16(11-8-14)31(28,29)24-19-6-4-3-5-17(19)22-23(2)21(24)18-13-15(25(26)27)9-12-20(18)30-22/h3-13,21-22H,1-2H3/t21-,22-/m1/s1. The zero-order chi connectivity index (χ0) is 21.9. The van der Waals surface area contributed by atoms with E-state index in [0.29, 0.717) is 11.3 Å². The molecule has 2 bridgehead atoms. The molecular formula is C22H19N3O4S2. The number of nitro groups is 1. The largest absolute Gasteiger partial charge is 0.269 e. The molecule has 0 N–H and O–H groups in total. The van der Waals surface area contributed by atoms with Crippen LogP contribution in [-0.4, -0.2) is 25.3 Å². The molecule has 31 heavy (non-hydrogen) atoms. The summed E-state index contributed by atoms with van der Waals surface area (Å²) in [6, 6.07) is 18.9. The van der Waals surface area contributed by atoms with E-state index in [-0.39, 0.29) is 16.0 Å². The molecule has 2 aliphatic rings. The molecule has 2 aliphatic heterocycles. The Bertz CT molecular complexity index is 1310. The average Bonchev–Trinajstić information content (AvgIpc) is 2.74. The van der Waals surface area contributed by atoms with Crippen LogP contribution in [-0.2, 0) is 10.0 Å². The minimum atomic E-state index is -3.94. The smallest absolute Gasteiger partial charge is 0.265 e. The minimum Gasteiger partial charge on any atom is -0.265 e. The molecule has 0 aromatic heterocycles. The molecule has 3 aromatic rings. The van der Waals surface area contributed by atoms with Crippen LogP contribution in [0.15, 0.2) is 76.5 Å². The maximum atomic E-state index is 13.9. The molecule has 9 heteroatoms. The number of nitro benzene ring substituents is 1. The normalized spacial score (nSPS) is 20.1. The Balaban J connectivity index is 1.77. The van der Waals surface area contributed by atoms with E-state index >= 15 is 0 Å². The van der Waals surface area contributed by atoms with Crippen LogP contribution in [0.2, 0.25) is 0 Å². The molecule has 3 aromatic carbocycles. The van der Waals surface area contributed by atoms with Gasteiger partial charge in [0, 0.05) is 28.2 Å². The van der Waals surface area contributed by atoms with Gasteiger partial charge in [-0.2, -0.15) is 0 Å². The molecule has 0 spiro atoms. The van der Waals surface area contributed by atoms with Crippen LogP contribution < -0.4 is 4.31 Å². The number of non-ortho nitro benzene ring substituents is 1. The van der Waals surface area contributed by atoms with E-state index in [2.05, 4.69) is 0 Å². The van der Waals surface area contributed by atoms with E-state index in [1.807, 2.05) is 37.1 Å². The monoisotopic (exact) mass is 453 g/mol. The van der Waals surface area contributed by atoms with Crippen molar-refractivity contribution in [1.29, 1.82) is 0 Å². The van der Waals surface area contributed by atoms with Crippen molar-refractivity contribution >= 4 is 33.2 Å². The number of benzene rings is 3. The maximum absolute atomic E-state index is 13.9. The summed E-state index contributed by atoms with van der Waals surface area (Å²) in [5.74, 6) is 0. The molecule has 0 saturated carbocycles. The number of fused-ring (bicyclic) bond motifs is 6. The summed E-state index contributed by atoms with van der Waals surface area (Å²) in [6.07, 6.45) is -0.692. The van der Waals surface area contributed by atoms with Gasteiger partial charge in [0.15, 0.2) is 0 Å². The quantitative estimate of drug-likeness (QED) is 0.417. The van der Waals surface area contributed by atoms with Crippen LogP contribution >= 0.6 is 11.8 Å². The second-order valence-corrected chi connectivity index (χ2v) is 10.6. The fourth-order valence-corrected chi connectivity index (χ4v) is 7.15. The molecule has 0 aliphatic carbocycles. The number of nitrogens with zero attached hydrogens (tertiary/aromatic N) is 3. The maximum Gasteiger partial charge on any atom is 0.269 e. The highest BCUT2D eigenvalue weighted by atomic mass is 32.2. The number of hydrogen-bond acceptors (Lipinski definition) is 6. The van der Waals surface area contributed by atoms with Gasteiger partial charge in [-0.15, -0.1) is 11.8 Å². The highest BCUT2D eigenvalue weighted by Gasteiger charge is 2.48. The van der Waals surface area contributed by atoms with Gasteiger partial charge in [0.1, 0.15) is 6.17 Å². The Kier molecular flexibility index (Phi) is 4.58. The van der Waals surface area contributed by atoms with Crippen molar-refractivity contribution in [2.24, 2.45) is 0 Å². The van der Waals surface area contributed by atoms with E-state index in [9.17, 15) is 18.5 Å². The van der Waals surface area contributed by atoms with E-state index in [1.165, 1.54) is 16.4 Å². The highest BCUT2D eigenvalue weighted by Crippen LogP contribution is 2.57. The third kappa shape index (κ3) is 3.03. The first-order valence-electron chi connectivity index (χ1n) is 9.66. The van der Waals surface area contributed by atoms with Gasteiger partial charge in [-0.25, -0.2) is 12.7 Å². The van der Waals surface area contributed by atoms with Gasteiger partial charge in [-0.1, -0.05) is 35.9 Å². The summed E-state index contributed by atoms with van der Waals surface area (Å²) in [6.45, 7) is 1.90. The summed E-state index contributed by atoms with van der Waals surface area (Å²) < 4.78 is 29.2. The summed E-state index contributed by atoms with van der Waals surface area (Å²) in [7, 11) is -2.08. The Labute approximate surface area is 184 Å². The van der Waals surface area contributed by atoms with E-state index in [4.69, 9.17) is 0 Å². The second kappa shape index (κ2) is 7.08. The molecule has 158 valence electrons. The topological polar surface area (TPSA) is 83.8 Å². The molecule has 0 saturated heterocycles. The van der Waals surface area contributed by atoms with Crippen molar-refractivity contribution in [3.63, 3.8) is 0 Å². The number of anilines is 1.